The van der Waals surface area contributed by atoms with Crippen LogP contribution >= 0.6 is 0 Å². The highest BCUT2D eigenvalue weighted by Gasteiger charge is 2.49. The Morgan fingerprint density at radius 3 is 1.74 bits per heavy atom. The van der Waals surface area contributed by atoms with Crippen LogP contribution in [0.4, 0.5) is 0 Å². The fourth-order valence-electron chi connectivity index (χ4n) is 3.70. The second kappa shape index (κ2) is 11.0. The third kappa shape index (κ3) is 5.79. The van der Waals surface area contributed by atoms with E-state index in [-0.39, 0.29) is 0 Å². The Labute approximate surface area is 203 Å². The molecular formula is C27H26O8. The molecule has 0 amide bonds. The average molecular weight is 478 g/mol. The van der Waals surface area contributed by atoms with Gasteiger partial charge < -0.3 is 28.8 Å². The van der Waals surface area contributed by atoms with Gasteiger partial charge in [0.1, 0.15) is 11.5 Å². The molecule has 1 aliphatic heterocycles. The van der Waals surface area contributed by atoms with Gasteiger partial charge in [0.05, 0.1) is 24.3 Å². The van der Waals surface area contributed by atoms with Crippen LogP contribution in [0.1, 0.15) is 27.6 Å². The van der Waals surface area contributed by atoms with Gasteiger partial charge in [0.25, 0.3) is 0 Å². The minimum Gasteiger partial charge on any atom is -0.497 e. The van der Waals surface area contributed by atoms with Crippen molar-refractivity contribution in [1.29, 1.82) is 0 Å². The Morgan fingerprint density at radius 1 is 0.743 bits per heavy atom. The predicted octanol–water partition coefficient (Wildman–Crippen LogP) is 3.63. The van der Waals surface area contributed by atoms with E-state index in [0.29, 0.717) is 22.6 Å². The van der Waals surface area contributed by atoms with Gasteiger partial charge in [-0.05, 0) is 55.5 Å². The molecular weight excluding hydrogens is 452 g/mol. The van der Waals surface area contributed by atoms with E-state index in [1.807, 2.05) is 0 Å². The maximum atomic E-state index is 12.8. The average Bonchev–Trinajstić information content (AvgIpc) is 2.90. The van der Waals surface area contributed by atoms with Crippen molar-refractivity contribution in [2.75, 3.05) is 7.11 Å². The summed E-state index contributed by atoms with van der Waals surface area (Å²) < 4.78 is 28.2. The Hall–Kier alpha value is -3.88. The fraction of sp³-hybridized carbons (Fsp3) is 0.259. The molecule has 4 rings (SSSR count). The van der Waals surface area contributed by atoms with Gasteiger partial charge in [-0.15, -0.1) is 0 Å². The van der Waals surface area contributed by atoms with Crippen LogP contribution < -0.4 is 9.47 Å². The normalized spacial score (nSPS) is 23.7. The number of benzene rings is 3. The second-order valence-corrected chi connectivity index (χ2v) is 7.97. The highest BCUT2D eigenvalue weighted by Crippen LogP contribution is 2.30. The van der Waals surface area contributed by atoms with Crippen LogP contribution in [0.15, 0.2) is 84.9 Å². The molecule has 8 heteroatoms. The maximum absolute atomic E-state index is 12.8. The highest BCUT2D eigenvalue weighted by molar-refractivity contribution is 5.90. The van der Waals surface area contributed by atoms with Crippen molar-refractivity contribution in [3.63, 3.8) is 0 Å². The molecule has 0 saturated carbocycles. The van der Waals surface area contributed by atoms with Crippen LogP contribution in [0.2, 0.25) is 0 Å². The summed E-state index contributed by atoms with van der Waals surface area (Å²) in [6.07, 6.45) is -5.72. The number of aliphatic hydroxyl groups excluding tert-OH is 1. The Balaban J connectivity index is 1.57. The first-order valence-corrected chi connectivity index (χ1v) is 11.1. The van der Waals surface area contributed by atoms with Crippen molar-refractivity contribution in [2.24, 2.45) is 0 Å². The number of carbonyl (C=O) groups is 2. The number of methoxy groups -OCH3 is 1. The maximum Gasteiger partial charge on any atom is 0.338 e. The largest absolute Gasteiger partial charge is 0.497 e. The molecule has 1 fully saturated rings. The molecule has 0 bridgehead atoms. The summed E-state index contributed by atoms with van der Waals surface area (Å²) >= 11 is 0. The lowest BCUT2D eigenvalue weighted by atomic mass is 9.99. The summed E-state index contributed by atoms with van der Waals surface area (Å²) in [5.41, 5.74) is 0.610. The second-order valence-electron chi connectivity index (χ2n) is 7.97. The minimum atomic E-state index is -1.45. The van der Waals surface area contributed by atoms with Crippen LogP contribution in [0.25, 0.3) is 0 Å². The number of hydrogen-bond acceptors (Lipinski definition) is 8. The zero-order valence-electron chi connectivity index (χ0n) is 19.3. The van der Waals surface area contributed by atoms with Crippen molar-refractivity contribution in [3.8, 4) is 11.5 Å². The third-order valence-corrected chi connectivity index (χ3v) is 5.57. The van der Waals surface area contributed by atoms with E-state index in [4.69, 9.17) is 23.7 Å². The summed E-state index contributed by atoms with van der Waals surface area (Å²) in [7, 11) is 1.55. The van der Waals surface area contributed by atoms with Crippen molar-refractivity contribution in [1.82, 2.24) is 0 Å². The number of esters is 2. The summed E-state index contributed by atoms with van der Waals surface area (Å²) in [6, 6.07) is 23.5. The van der Waals surface area contributed by atoms with Crippen molar-refractivity contribution in [3.05, 3.63) is 96.1 Å². The van der Waals surface area contributed by atoms with Gasteiger partial charge in [-0.1, -0.05) is 36.4 Å². The smallest absolute Gasteiger partial charge is 0.338 e. The van der Waals surface area contributed by atoms with Gasteiger partial charge in [0, 0.05) is 0 Å². The van der Waals surface area contributed by atoms with E-state index in [1.165, 1.54) is 0 Å². The van der Waals surface area contributed by atoms with E-state index >= 15 is 0 Å². The summed E-state index contributed by atoms with van der Waals surface area (Å²) in [4.78, 5) is 25.6. The van der Waals surface area contributed by atoms with Gasteiger partial charge in [-0.3, -0.25) is 0 Å². The number of rotatable bonds is 7. The Kier molecular flexibility index (Phi) is 7.64. The molecule has 3 aromatic carbocycles. The van der Waals surface area contributed by atoms with Gasteiger partial charge in [0.15, 0.2) is 18.3 Å². The van der Waals surface area contributed by atoms with Crippen LogP contribution in [0.3, 0.4) is 0 Å². The molecule has 0 aromatic heterocycles. The van der Waals surface area contributed by atoms with Gasteiger partial charge in [0.2, 0.25) is 6.29 Å². The zero-order chi connectivity index (χ0) is 24.8. The SMILES string of the molecule is COc1ccc(O[C@H]2O[C@H](C)[C@@H](OC(=O)c3ccccc3)[C@H](OC(=O)c3ccccc3)[C@@H]2O)cc1. The molecule has 3 aromatic rings. The minimum absolute atomic E-state index is 0.291. The van der Waals surface area contributed by atoms with Crippen molar-refractivity contribution >= 4 is 11.9 Å². The van der Waals surface area contributed by atoms with E-state index in [2.05, 4.69) is 0 Å². The topological polar surface area (TPSA) is 101 Å². The highest BCUT2D eigenvalue weighted by atomic mass is 16.7. The van der Waals surface area contributed by atoms with Crippen LogP contribution in [-0.4, -0.2) is 54.9 Å². The first kappa shape index (κ1) is 24.3. The summed E-state index contributed by atoms with van der Waals surface area (Å²) in [5, 5.41) is 11.1. The molecule has 0 radical (unpaired) electrons. The summed E-state index contributed by atoms with van der Waals surface area (Å²) in [5.74, 6) is -0.255. The molecule has 1 aliphatic rings. The van der Waals surface area contributed by atoms with Crippen molar-refractivity contribution < 1.29 is 38.4 Å². The van der Waals surface area contributed by atoms with Gasteiger partial charge in [-0.2, -0.15) is 0 Å². The quantitative estimate of drug-likeness (QED) is 0.514. The van der Waals surface area contributed by atoms with Crippen LogP contribution in [-0.2, 0) is 14.2 Å². The third-order valence-electron chi connectivity index (χ3n) is 5.57. The van der Waals surface area contributed by atoms with Gasteiger partial charge >= 0.3 is 11.9 Å². The molecule has 8 nitrogen and oxygen atoms in total. The lowest BCUT2D eigenvalue weighted by molar-refractivity contribution is -0.267. The monoisotopic (exact) mass is 478 g/mol. The number of carbonyl (C=O) groups excluding carboxylic acids is 2. The zero-order valence-corrected chi connectivity index (χ0v) is 19.3. The Bertz CT molecular complexity index is 1120. The molecule has 1 N–H and O–H groups in total. The molecule has 0 aliphatic carbocycles. The number of aliphatic hydroxyl groups is 1. The van der Waals surface area contributed by atoms with E-state index in [1.54, 1.807) is 99.0 Å². The van der Waals surface area contributed by atoms with E-state index in [0.717, 1.165) is 0 Å². The molecule has 0 unspecified atom stereocenters. The first-order valence-electron chi connectivity index (χ1n) is 11.1. The van der Waals surface area contributed by atoms with E-state index in [9.17, 15) is 14.7 Å². The van der Waals surface area contributed by atoms with Gasteiger partial charge in [-0.25, -0.2) is 9.59 Å². The standard InChI is InChI=1S/C27H26O8/c1-17-23(34-25(29)18-9-5-3-6-10-18)24(35-26(30)19-11-7-4-8-12-19)22(28)27(32-17)33-21-15-13-20(31-2)14-16-21/h3-17,22-24,27-28H,1-2H3/t17-,22+,23-,24-,27-/m1/s1. The predicted molar refractivity (Wildman–Crippen MR) is 125 cm³/mol. The molecule has 5 atom stereocenters. The number of hydrogen-bond donors (Lipinski definition) is 1. The lowest BCUT2D eigenvalue weighted by Gasteiger charge is -2.42. The first-order chi connectivity index (χ1) is 17.0. The lowest BCUT2D eigenvalue weighted by Crippen LogP contribution is -2.61. The van der Waals surface area contributed by atoms with Crippen LogP contribution in [0.5, 0.6) is 11.5 Å². The number of ether oxygens (including phenoxy) is 5. The molecule has 35 heavy (non-hydrogen) atoms. The molecule has 0 spiro atoms. The van der Waals surface area contributed by atoms with Crippen molar-refractivity contribution in [2.45, 2.75) is 37.6 Å². The molecule has 182 valence electrons. The van der Waals surface area contributed by atoms with E-state index < -0.39 is 42.6 Å². The van der Waals surface area contributed by atoms with Crippen LogP contribution in [0, 0.1) is 0 Å². The Morgan fingerprint density at radius 2 is 1.23 bits per heavy atom. The fourth-order valence-corrected chi connectivity index (χ4v) is 3.70. The molecule has 1 heterocycles. The summed E-state index contributed by atoms with van der Waals surface area (Å²) in [6.45, 7) is 1.66. The molecule has 1 saturated heterocycles.